The largest absolute Gasteiger partial charge is 0.316 e. The predicted octanol–water partition coefficient (Wildman–Crippen LogP) is 1.76. The summed E-state index contributed by atoms with van der Waals surface area (Å²) in [6, 6.07) is 2.18. The Hall–Kier alpha value is -1.07. The van der Waals surface area contributed by atoms with Gasteiger partial charge in [0.05, 0.1) is 0 Å². The van der Waals surface area contributed by atoms with E-state index in [1.165, 1.54) is 0 Å². The van der Waals surface area contributed by atoms with Gasteiger partial charge in [-0.25, -0.2) is 13.2 Å². The first-order valence-electron chi connectivity index (χ1n) is 6.20. The molecule has 98 valence electrons. The van der Waals surface area contributed by atoms with Crippen molar-refractivity contribution in [2.45, 2.75) is 6.54 Å². The van der Waals surface area contributed by atoms with E-state index in [-0.39, 0.29) is 0 Å². The molecule has 1 aromatic rings. The fraction of sp³-hybridized carbons (Fsp3) is 0.538. The standard InChI is InChI=1S/C13H15F3N2/c14-11-1-8(2-12(15)13(11)16)5-18-6-9-3-17-4-10(9)7-18/h1-2,9-10,17H,3-7H2. The van der Waals surface area contributed by atoms with E-state index in [4.69, 9.17) is 0 Å². The van der Waals surface area contributed by atoms with Gasteiger partial charge in [-0.2, -0.15) is 0 Å². The van der Waals surface area contributed by atoms with Gasteiger partial charge in [0.15, 0.2) is 17.5 Å². The van der Waals surface area contributed by atoms with Crippen molar-refractivity contribution >= 4 is 0 Å². The molecule has 2 saturated heterocycles. The third kappa shape index (κ3) is 2.12. The number of nitrogens with zero attached hydrogens (tertiary/aromatic N) is 1. The third-order valence-corrected chi connectivity index (χ3v) is 3.91. The molecule has 2 heterocycles. The lowest BCUT2D eigenvalue weighted by Gasteiger charge is -2.17. The van der Waals surface area contributed by atoms with E-state index in [0.29, 0.717) is 23.9 Å². The van der Waals surface area contributed by atoms with Crippen LogP contribution < -0.4 is 5.32 Å². The van der Waals surface area contributed by atoms with E-state index in [0.717, 1.165) is 38.3 Å². The van der Waals surface area contributed by atoms with Gasteiger partial charge in [-0.1, -0.05) is 0 Å². The van der Waals surface area contributed by atoms with Crippen LogP contribution in [-0.4, -0.2) is 31.1 Å². The van der Waals surface area contributed by atoms with Gasteiger partial charge in [0.2, 0.25) is 0 Å². The molecule has 0 spiro atoms. The van der Waals surface area contributed by atoms with Gasteiger partial charge >= 0.3 is 0 Å². The van der Waals surface area contributed by atoms with Crippen molar-refractivity contribution in [3.05, 3.63) is 35.1 Å². The summed E-state index contributed by atoms with van der Waals surface area (Å²) in [5.41, 5.74) is 0.499. The molecule has 0 saturated carbocycles. The Kier molecular flexibility index (Phi) is 3.03. The maximum Gasteiger partial charge on any atom is 0.194 e. The summed E-state index contributed by atoms with van der Waals surface area (Å²) >= 11 is 0. The molecule has 18 heavy (non-hydrogen) atoms. The highest BCUT2D eigenvalue weighted by molar-refractivity contribution is 5.19. The van der Waals surface area contributed by atoms with Crippen LogP contribution in [0.25, 0.3) is 0 Å². The molecule has 2 fully saturated rings. The van der Waals surface area contributed by atoms with Crippen molar-refractivity contribution in [1.82, 2.24) is 10.2 Å². The molecule has 0 bridgehead atoms. The topological polar surface area (TPSA) is 15.3 Å². The monoisotopic (exact) mass is 256 g/mol. The lowest BCUT2D eigenvalue weighted by molar-refractivity contribution is 0.303. The minimum absolute atomic E-state index is 0.487. The minimum atomic E-state index is -1.39. The molecule has 0 aliphatic carbocycles. The summed E-state index contributed by atoms with van der Waals surface area (Å²) in [6.45, 7) is 4.41. The van der Waals surface area contributed by atoms with E-state index >= 15 is 0 Å². The van der Waals surface area contributed by atoms with Gasteiger partial charge in [0.25, 0.3) is 0 Å². The fourth-order valence-corrected chi connectivity index (χ4v) is 3.04. The molecular weight excluding hydrogens is 241 g/mol. The lowest BCUT2D eigenvalue weighted by Crippen LogP contribution is -2.25. The highest BCUT2D eigenvalue weighted by Gasteiger charge is 2.35. The van der Waals surface area contributed by atoms with E-state index in [9.17, 15) is 13.2 Å². The van der Waals surface area contributed by atoms with Crippen LogP contribution in [0.5, 0.6) is 0 Å². The number of rotatable bonds is 2. The zero-order valence-electron chi connectivity index (χ0n) is 9.93. The highest BCUT2D eigenvalue weighted by atomic mass is 19.2. The molecule has 1 aromatic carbocycles. The number of nitrogens with one attached hydrogen (secondary N) is 1. The molecular formula is C13H15F3N2. The first kappa shape index (κ1) is 12.0. The molecule has 0 aromatic heterocycles. The number of hydrogen-bond donors (Lipinski definition) is 1. The van der Waals surface area contributed by atoms with E-state index in [1.54, 1.807) is 0 Å². The molecule has 0 radical (unpaired) electrons. The van der Waals surface area contributed by atoms with Crippen molar-refractivity contribution in [2.24, 2.45) is 11.8 Å². The summed E-state index contributed by atoms with van der Waals surface area (Å²) in [5, 5.41) is 3.34. The van der Waals surface area contributed by atoms with E-state index in [1.807, 2.05) is 0 Å². The van der Waals surface area contributed by atoms with Gasteiger partial charge in [-0.3, -0.25) is 4.90 Å². The van der Waals surface area contributed by atoms with Crippen LogP contribution in [-0.2, 0) is 6.54 Å². The Balaban J connectivity index is 1.70. The minimum Gasteiger partial charge on any atom is -0.316 e. The molecule has 2 nitrogen and oxygen atoms in total. The van der Waals surface area contributed by atoms with E-state index < -0.39 is 17.5 Å². The van der Waals surface area contributed by atoms with Crippen molar-refractivity contribution in [2.75, 3.05) is 26.2 Å². The van der Waals surface area contributed by atoms with Crippen LogP contribution in [0.2, 0.25) is 0 Å². The van der Waals surface area contributed by atoms with Crippen molar-refractivity contribution in [3.8, 4) is 0 Å². The molecule has 0 amide bonds. The SMILES string of the molecule is Fc1cc(CN2CC3CNCC3C2)cc(F)c1F. The van der Waals surface area contributed by atoms with Crippen molar-refractivity contribution in [1.29, 1.82) is 0 Å². The summed E-state index contributed by atoms with van der Waals surface area (Å²) in [6.07, 6.45) is 0. The second-order valence-corrected chi connectivity index (χ2v) is 5.25. The Bertz CT molecular complexity index is 429. The summed E-state index contributed by atoms with van der Waals surface area (Å²) in [5.74, 6) is -2.32. The number of fused-ring (bicyclic) bond motifs is 1. The number of benzene rings is 1. The maximum atomic E-state index is 13.1. The highest BCUT2D eigenvalue weighted by Crippen LogP contribution is 2.27. The average molecular weight is 256 g/mol. The molecule has 5 heteroatoms. The summed E-state index contributed by atoms with van der Waals surface area (Å²) < 4.78 is 39.0. The lowest BCUT2D eigenvalue weighted by atomic mass is 10.0. The number of likely N-dealkylation sites (tertiary alicyclic amines) is 1. The summed E-state index contributed by atoms with van der Waals surface area (Å²) in [4.78, 5) is 2.18. The Morgan fingerprint density at radius 3 is 2.17 bits per heavy atom. The number of hydrogen-bond acceptors (Lipinski definition) is 2. The molecule has 1 N–H and O–H groups in total. The van der Waals surface area contributed by atoms with Crippen LogP contribution in [0.3, 0.4) is 0 Å². The molecule has 2 atom stereocenters. The zero-order valence-corrected chi connectivity index (χ0v) is 9.93. The van der Waals surface area contributed by atoms with Crippen molar-refractivity contribution < 1.29 is 13.2 Å². The molecule has 2 aliphatic rings. The van der Waals surface area contributed by atoms with E-state index in [2.05, 4.69) is 10.2 Å². The third-order valence-electron chi connectivity index (χ3n) is 3.91. The van der Waals surface area contributed by atoms with Crippen LogP contribution in [0.15, 0.2) is 12.1 Å². The van der Waals surface area contributed by atoms with Crippen LogP contribution >= 0.6 is 0 Å². The van der Waals surface area contributed by atoms with Crippen LogP contribution in [0, 0.1) is 29.3 Å². The molecule has 3 rings (SSSR count). The van der Waals surface area contributed by atoms with Gasteiger partial charge < -0.3 is 5.32 Å². The van der Waals surface area contributed by atoms with Gasteiger partial charge in [-0.15, -0.1) is 0 Å². The Morgan fingerprint density at radius 2 is 1.61 bits per heavy atom. The Labute approximate surface area is 104 Å². The zero-order chi connectivity index (χ0) is 12.7. The maximum absolute atomic E-state index is 13.1. The first-order valence-corrected chi connectivity index (χ1v) is 6.20. The van der Waals surface area contributed by atoms with Gasteiger partial charge in [0, 0.05) is 19.6 Å². The van der Waals surface area contributed by atoms with Crippen LogP contribution in [0.1, 0.15) is 5.56 Å². The normalized spacial score (nSPS) is 27.7. The second-order valence-electron chi connectivity index (χ2n) is 5.25. The predicted molar refractivity (Wildman–Crippen MR) is 61.4 cm³/mol. The second kappa shape index (κ2) is 4.55. The first-order chi connectivity index (χ1) is 8.63. The quantitative estimate of drug-likeness (QED) is 0.811. The number of halogens is 3. The smallest absolute Gasteiger partial charge is 0.194 e. The van der Waals surface area contributed by atoms with Gasteiger partial charge in [-0.05, 0) is 42.6 Å². The fourth-order valence-electron chi connectivity index (χ4n) is 3.04. The van der Waals surface area contributed by atoms with Crippen molar-refractivity contribution in [3.63, 3.8) is 0 Å². The summed E-state index contributed by atoms with van der Waals surface area (Å²) in [7, 11) is 0. The molecule has 2 aliphatic heterocycles. The van der Waals surface area contributed by atoms with Crippen LogP contribution in [0.4, 0.5) is 13.2 Å². The average Bonchev–Trinajstić information content (AvgIpc) is 2.86. The van der Waals surface area contributed by atoms with Gasteiger partial charge in [0.1, 0.15) is 0 Å². The Morgan fingerprint density at radius 1 is 1.06 bits per heavy atom. The molecule has 2 unspecified atom stereocenters.